The summed E-state index contributed by atoms with van der Waals surface area (Å²) in [5.41, 5.74) is 2.55. The van der Waals surface area contributed by atoms with Gasteiger partial charge in [0.05, 0.1) is 17.9 Å². The second-order valence-electron chi connectivity index (χ2n) is 8.83. The van der Waals surface area contributed by atoms with Crippen molar-refractivity contribution < 1.29 is 22.7 Å². The molecule has 2 aliphatic rings. The molecule has 0 spiro atoms. The van der Waals surface area contributed by atoms with Gasteiger partial charge in [-0.2, -0.15) is 4.31 Å². The fourth-order valence-corrected chi connectivity index (χ4v) is 7.22. The molecule has 0 unspecified atom stereocenters. The number of fused-ring (bicyclic) bond motifs is 1. The molecular formula is C25H30BrN3O5S. The van der Waals surface area contributed by atoms with Gasteiger partial charge in [-0.05, 0) is 70.6 Å². The van der Waals surface area contributed by atoms with Crippen LogP contribution in [-0.2, 0) is 32.6 Å². The van der Waals surface area contributed by atoms with Gasteiger partial charge in [-0.15, -0.1) is 0 Å². The molecule has 2 amide bonds. The van der Waals surface area contributed by atoms with Gasteiger partial charge >= 0.3 is 0 Å². The second kappa shape index (κ2) is 10.7. The summed E-state index contributed by atoms with van der Waals surface area (Å²) in [6, 6.07) is 10.8. The molecule has 8 nitrogen and oxygen atoms in total. The number of hydrogen-bond donors (Lipinski definition) is 1. The van der Waals surface area contributed by atoms with E-state index in [1.54, 1.807) is 31.1 Å². The highest BCUT2D eigenvalue weighted by molar-refractivity contribution is 9.10. The lowest BCUT2D eigenvalue weighted by atomic mass is 9.99. The molecule has 2 aromatic rings. The SMILES string of the molecule is CCC(=O)N1CCc2cc(Br)c(S(=O)(=O)N3CCC[C@@H](C(=O)NCc4ccc(OC)cc4)C3)cc21. The van der Waals surface area contributed by atoms with Gasteiger partial charge in [0.1, 0.15) is 5.75 Å². The quantitative estimate of drug-likeness (QED) is 0.556. The Morgan fingerprint density at radius 2 is 1.91 bits per heavy atom. The summed E-state index contributed by atoms with van der Waals surface area (Å²) in [6.07, 6.45) is 2.28. The van der Waals surface area contributed by atoms with Crippen LogP contribution in [0.3, 0.4) is 0 Å². The van der Waals surface area contributed by atoms with Crippen molar-refractivity contribution in [2.75, 3.05) is 31.6 Å². The Bertz CT molecular complexity index is 1220. The van der Waals surface area contributed by atoms with Crippen LogP contribution in [0.15, 0.2) is 45.8 Å². The van der Waals surface area contributed by atoms with E-state index in [0.29, 0.717) is 55.5 Å². The lowest BCUT2D eigenvalue weighted by Crippen LogP contribution is -2.45. The van der Waals surface area contributed by atoms with Gasteiger partial charge in [-0.1, -0.05) is 19.1 Å². The molecular weight excluding hydrogens is 534 g/mol. The summed E-state index contributed by atoms with van der Waals surface area (Å²) in [4.78, 5) is 27.0. The number of methoxy groups -OCH3 is 1. The number of ether oxygens (including phenoxy) is 1. The third-order valence-electron chi connectivity index (χ3n) is 6.63. The third-order valence-corrected chi connectivity index (χ3v) is 9.45. The third kappa shape index (κ3) is 5.39. The van der Waals surface area contributed by atoms with Gasteiger partial charge in [0.2, 0.25) is 21.8 Å². The van der Waals surface area contributed by atoms with E-state index in [2.05, 4.69) is 21.2 Å². The zero-order valence-corrected chi connectivity index (χ0v) is 22.3. The van der Waals surface area contributed by atoms with E-state index < -0.39 is 15.9 Å². The smallest absolute Gasteiger partial charge is 0.244 e. The maximum absolute atomic E-state index is 13.6. The van der Waals surface area contributed by atoms with Gasteiger partial charge in [0.15, 0.2) is 0 Å². The van der Waals surface area contributed by atoms with Crippen LogP contribution in [0.25, 0.3) is 0 Å². The summed E-state index contributed by atoms with van der Waals surface area (Å²) in [5, 5.41) is 2.93. The fourth-order valence-electron chi connectivity index (χ4n) is 4.63. The lowest BCUT2D eigenvalue weighted by molar-refractivity contribution is -0.126. The first kappa shape index (κ1) is 25.7. The molecule has 2 heterocycles. The molecule has 1 N–H and O–H groups in total. The van der Waals surface area contributed by atoms with Gasteiger partial charge in [0, 0.05) is 42.8 Å². The number of carbonyl (C=O) groups is 2. The van der Waals surface area contributed by atoms with Gasteiger partial charge in [0.25, 0.3) is 0 Å². The van der Waals surface area contributed by atoms with E-state index >= 15 is 0 Å². The van der Waals surface area contributed by atoms with E-state index in [0.717, 1.165) is 16.9 Å². The van der Waals surface area contributed by atoms with Gasteiger partial charge in [-0.25, -0.2) is 8.42 Å². The van der Waals surface area contributed by atoms with E-state index in [4.69, 9.17) is 4.74 Å². The van der Waals surface area contributed by atoms with E-state index in [9.17, 15) is 18.0 Å². The van der Waals surface area contributed by atoms with Crippen LogP contribution in [0.5, 0.6) is 5.75 Å². The highest BCUT2D eigenvalue weighted by Crippen LogP contribution is 2.37. The first-order valence-corrected chi connectivity index (χ1v) is 14.0. The molecule has 10 heteroatoms. The first-order chi connectivity index (χ1) is 16.7. The predicted octanol–water partition coefficient (Wildman–Crippen LogP) is 3.47. The van der Waals surface area contributed by atoms with Crippen molar-refractivity contribution in [2.24, 2.45) is 5.92 Å². The molecule has 0 aliphatic carbocycles. The first-order valence-electron chi connectivity index (χ1n) is 11.8. The molecule has 35 heavy (non-hydrogen) atoms. The number of nitrogens with one attached hydrogen (secondary N) is 1. The largest absolute Gasteiger partial charge is 0.497 e. The molecule has 0 saturated carbocycles. The topological polar surface area (TPSA) is 96.0 Å². The summed E-state index contributed by atoms with van der Waals surface area (Å²) in [7, 11) is -2.26. The van der Waals surface area contributed by atoms with Crippen LogP contribution in [-0.4, -0.2) is 51.3 Å². The van der Waals surface area contributed by atoms with Crippen molar-refractivity contribution >= 4 is 43.5 Å². The monoisotopic (exact) mass is 563 g/mol. The minimum absolute atomic E-state index is 0.0269. The number of amides is 2. The van der Waals surface area contributed by atoms with Crippen molar-refractivity contribution in [1.82, 2.24) is 9.62 Å². The number of anilines is 1. The lowest BCUT2D eigenvalue weighted by Gasteiger charge is -2.31. The second-order valence-corrected chi connectivity index (χ2v) is 11.6. The number of benzene rings is 2. The number of carbonyl (C=O) groups excluding carboxylic acids is 2. The average molecular weight is 565 g/mol. The van der Waals surface area contributed by atoms with Crippen molar-refractivity contribution in [3.05, 3.63) is 52.0 Å². The number of hydrogen-bond acceptors (Lipinski definition) is 5. The minimum atomic E-state index is -3.86. The van der Waals surface area contributed by atoms with Crippen LogP contribution in [0.2, 0.25) is 0 Å². The molecule has 188 valence electrons. The zero-order chi connectivity index (χ0) is 25.2. The number of nitrogens with zero attached hydrogens (tertiary/aromatic N) is 2. The van der Waals surface area contributed by atoms with Crippen molar-refractivity contribution in [1.29, 1.82) is 0 Å². The summed E-state index contributed by atoms with van der Waals surface area (Å²) >= 11 is 3.43. The number of sulfonamides is 1. The normalized spacial score (nSPS) is 18.3. The Balaban J connectivity index is 1.48. The molecule has 0 aromatic heterocycles. The van der Waals surface area contributed by atoms with E-state index in [-0.39, 0.29) is 23.3 Å². The minimum Gasteiger partial charge on any atom is -0.497 e. The highest BCUT2D eigenvalue weighted by atomic mass is 79.9. The molecule has 1 saturated heterocycles. The van der Waals surface area contributed by atoms with Crippen LogP contribution in [0, 0.1) is 5.92 Å². The molecule has 2 aliphatic heterocycles. The Morgan fingerprint density at radius 1 is 1.17 bits per heavy atom. The van der Waals surface area contributed by atoms with Crippen molar-refractivity contribution in [3.63, 3.8) is 0 Å². The van der Waals surface area contributed by atoms with Crippen LogP contribution < -0.4 is 15.0 Å². The average Bonchev–Trinajstić information content (AvgIpc) is 3.29. The van der Waals surface area contributed by atoms with Crippen LogP contribution in [0.4, 0.5) is 5.69 Å². The molecule has 2 aromatic carbocycles. The summed E-state index contributed by atoms with van der Waals surface area (Å²) < 4.78 is 34.2. The highest BCUT2D eigenvalue weighted by Gasteiger charge is 2.36. The number of halogens is 1. The van der Waals surface area contributed by atoms with Crippen molar-refractivity contribution in [3.8, 4) is 5.75 Å². The van der Waals surface area contributed by atoms with Crippen LogP contribution >= 0.6 is 15.9 Å². The van der Waals surface area contributed by atoms with E-state index in [1.165, 1.54) is 4.31 Å². The van der Waals surface area contributed by atoms with Crippen LogP contribution in [0.1, 0.15) is 37.3 Å². The number of piperidine rings is 1. The molecule has 1 fully saturated rings. The molecule has 1 atom stereocenters. The van der Waals surface area contributed by atoms with E-state index in [1.807, 2.05) is 24.3 Å². The Labute approximate surface area is 214 Å². The summed E-state index contributed by atoms with van der Waals surface area (Å²) in [6.45, 7) is 3.19. The number of rotatable bonds is 7. The van der Waals surface area contributed by atoms with Gasteiger partial charge < -0.3 is 15.0 Å². The molecule has 0 radical (unpaired) electrons. The predicted molar refractivity (Wildman–Crippen MR) is 137 cm³/mol. The Kier molecular flexibility index (Phi) is 7.83. The Hall–Kier alpha value is -2.43. The molecule has 4 rings (SSSR count). The zero-order valence-electron chi connectivity index (χ0n) is 19.9. The summed E-state index contributed by atoms with van der Waals surface area (Å²) in [5.74, 6) is 0.130. The fraction of sp³-hybridized carbons (Fsp3) is 0.440. The maximum atomic E-state index is 13.6. The van der Waals surface area contributed by atoms with Gasteiger partial charge in [-0.3, -0.25) is 9.59 Å². The molecule has 0 bridgehead atoms. The maximum Gasteiger partial charge on any atom is 0.244 e. The standard InChI is InChI=1S/C25H30BrN3O5S/c1-3-24(30)29-12-10-18-13-21(26)23(14-22(18)29)35(32,33)28-11-4-5-19(16-28)25(31)27-15-17-6-8-20(34-2)9-7-17/h6-9,13-14,19H,3-5,10-12,15-16H2,1-2H3,(H,27,31)/t19-/m1/s1. The van der Waals surface area contributed by atoms with Crippen molar-refractivity contribution in [2.45, 2.75) is 44.0 Å². The Morgan fingerprint density at radius 3 is 2.60 bits per heavy atom.